The van der Waals surface area contributed by atoms with Gasteiger partial charge in [0.15, 0.2) is 5.78 Å². The van der Waals surface area contributed by atoms with Gasteiger partial charge in [-0.2, -0.15) is 0 Å². The van der Waals surface area contributed by atoms with Gasteiger partial charge in [-0.05, 0) is 30.6 Å². The number of ketones is 1. The molecule has 3 nitrogen and oxygen atoms in total. The molecule has 0 radical (unpaired) electrons. The zero-order chi connectivity index (χ0) is 13.1. The van der Waals surface area contributed by atoms with Crippen molar-refractivity contribution in [1.29, 1.82) is 0 Å². The molecule has 0 bridgehead atoms. The second kappa shape index (κ2) is 5.36. The summed E-state index contributed by atoms with van der Waals surface area (Å²) in [6.07, 6.45) is 7.23. The van der Waals surface area contributed by atoms with Crippen molar-refractivity contribution >= 4 is 5.78 Å². The van der Waals surface area contributed by atoms with Crippen LogP contribution in [0.1, 0.15) is 26.7 Å². The van der Waals surface area contributed by atoms with Crippen molar-refractivity contribution in [2.75, 3.05) is 6.54 Å². The fourth-order valence-corrected chi connectivity index (χ4v) is 2.30. The maximum absolute atomic E-state index is 11.8. The first-order valence-electron chi connectivity index (χ1n) is 6.38. The second-order valence-electron chi connectivity index (χ2n) is 4.96. The predicted octanol–water partition coefficient (Wildman–Crippen LogP) is 2.41. The van der Waals surface area contributed by atoms with Gasteiger partial charge >= 0.3 is 0 Å². The van der Waals surface area contributed by atoms with E-state index in [1.807, 2.05) is 6.08 Å². The van der Waals surface area contributed by atoms with Gasteiger partial charge in [0.25, 0.3) is 0 Å². The van der Waals surface area contributed by atoms with E-state index in [0.717, 1.165) is 29.8 Å². The minimum absolute atomic E-state index is 0.168. The molecule has 3 heteroatoms. The highest BCUT2D eigenvalue weighted by atomic mass is 16.1. The van der Waals surface area contributed by atoms with Crippen LogP contribution in [-0.2, 0) is 4.79 Å². The number of rotatable bonds is 2. The molecule has 0 aromatic heterocycles. The minimum Gasteiger partial charge on any atom is -0.321 e. The first-order chi connectivity index (χ1) is 8.61. The van der Waals surface area contributed by atoms with Gasteiger partial charge in [-0.25, -0.2) is 5.43 Å². The topological polar surface area (TPSA) is 41.1 Å². The maximum atomic E-state index is 11.8. The Morgan fingerprint density at radius 2 is 2.22 bits per heavy atom. The third kappa shape index (κ3) is 2.62. The Hall–Kier alpha value is -1.61. The molecule has 2 aliphatic rings. The summed E-state index contributed by atoms with van der Waals surface area (Å²) in [6, 6.07) is 0. The molecule has 0 aromatic rings. The van der Waals surface area contributed by atoms with Gasteiger partial charge in [0.2, 0.25) is 0 Å². The molecule has 1 unspecified atom stereocenters. The Kier molecular flexibility index (Phi) is 3.82. The Bertz CT molecular complexity index is 469. The van der Waals surface area contributed by atoms with Crippen LogP contribution in [0.5, 0.6) is 0 Å². The number of hydrogen-bond donors (Lipinski definition) is 2. The van der Waals surface area contributed by atoms with Crippen molar-refractivity contribution in [3.8, 4) is 0 Å². The highest BCUT2D eigenvalue weighted by Gasteiger charge is 2.22. The van der Waals surface area contributed by atoms with Crippen molar-refractivity contribution in [1.82, 2.24) is 10.9 Å². The molecule has 0 spiro atoms. The van der Waals surface area contributed by atoms with Crippen LogP contribution < -0.4 is 10.9 Å². The Balaban J connectivity index is 2.46. The lowest BCUT2D eigenvalue weighted by molar-refractivity contribution is -0.114. The van der Waals surface area contributed by atoms with Gasteiger partial charge in [-0.15, -0.1) is 6.58 Å². The van der Waals surface area contributed by atoms with E-state index in [2.05, 4.69) is 37.4 Å². The quantitative estimate of drug-likeness (QED) is 0.733. The zero-order valence-corrected chi connectivity index (χ0v) is 11.0. The monoisotopic (exact) mass is 244 g/mol. The molecule has 18 heavy (non-hydrogen) atoms. The van der Waals surface area contributed by atoms with Crippen LogP contribution in [0, 0.1) is 5.92 Å². The number of nitrogens with one attached hydrogen (secondary N) is 2. The van der Waals surface area contributed by atoms with Crippen molar-refractivity contribution in [3.63, 3.8) is 0 Å². The van der Waals surface area contributed by atoms with Gasteiger partial charge in [0.05, 0.1) is 5.70 Å². The number of carbonyl (C=O) groups excluding carboxylic acids is 1. The molecule has 1 heterocycles. The van der Waals surface area contributed by atoms with E-state index in [4.69, 9.17) is 0 Å². The van der Waals surface area contributed by atoms with Gasteiger partial charge < -0.3 is 5.43 Å². The Morgan fingerprint density at radius 3 is 2.94 bits per heavy atom. The molecule has 1 atom stereocenters. The molecular formula is C15H20N2O. The average molecular weight is 244 g/mol. The van der Waals surface area contributed by atoms with E-state index in [1.165, 1.54) is 5.57 Å². The molecule has 0 saturated carbocycles. The highest BCUT2D eigenvalue weighted by Crippen LogP contribution is 2.29. The van der Waals surface area contributed by atoms with Gasteiger partial charge in [0, 0.05) is 18.9 Å². The maximum Gasteiger partial charge on any atom is 0.160 e. The molecule has 2 rings (SSSR count). The van der Waals surface area contributed by atoms with Crippen molar-refractivity contribution in [2.24, 2.45) is 5.92 Å². The molecule has 2 N–H and O–H groups in total. The fourth-order valence-electron chi connectivity index (χ4n) is 2.30. The SMILES string of the molecule is C=CC(C)C1=CC(=O)CC2=C1NNCC/C(C)=C\2. The first-order valence-corrected chi connectivity index (χ1v) is 6.38. The summed E-state index contributed by atoms with van der Waals surface area (Å²) in [5.41, 5.74) is 10.9. The van der Waals surface area contributed by atoms with E-state index in [0.29, 0.717) is 6.42 Å². The normalized spacial score (nSPS) is 24.9. The van der Waals surface area contributed by atoms with Crippen LogP contribution in [0.15, 0.2) is 47.2 Å². The summed E-state index contributed by atoms with van der Waals surface area (Å²) in [5, 5.41) is 0. The van der Waals surface area contributed by atoms with Gasteiger partial charge in [0.1, 0.15) is 0 Å². The van der Waals surface area contributed by atoms with Crippen molar-refractivity contribution < 1.29 is 4.79 Å². The van der Waals surface area contributed by atoms with E-state index < -0.39 is 0 Å². The van der Waals surface area contributed by atoms with E-state index in [1.54, 1.807) is 6.08 Å². The summed E-state index contributed by atoms with van der Waals surface area (Å²) in [6.45, 7) is 8.87. The van der Waals surface area contributed by atoms with E-state index >= 15 is 0 Å². The summed E-state index contributed by atoms with van der Waals surface area (Å²) in [7, 11) is 0. The van der Waals surface area contributed by atoms with Crippen LogP contribution in [0.25, 0.3) is 0 Å². The van der Waals surface area contributed by atoms with Gasteiger partial charge in [-0.3, -0.25) is 4.79 Å². The predicted molar refractivity (Wildman–Crippen MR) is 73.6 cm³/mol. The lowest BCUT2D eigenvalue weighted by Crippen LogP contribution is -2.36. The van der Waals surface area contributed by atoms with Crippen LogP contribution in [-0.4, -0.2) is 12.3 Å². The standard InChI is InChI=1S/C15H20N2O/c1-4-11(3)14-9-13(18)8-12-7-10(2)5-6-16-17-15(12)14/h4,7,9,11,16-17H,1,5-6,8H2,2-3H3/b10-7-. The first kappa shape index (κ1) is 12.8. The molecule has 96 valence electrons. The zero-order valence-electron chi connectivity index (χ0n) is 11.0. The lowest BCUT2D eigenvalue weighted by atomic mass is 9.87. The summed E-state index contributed by atoms with van der Waals surface area (Å²) in [5.74, 6) is 0.338. The number of allylic oxidation sites excluding steroid dienone is 5. The molecule has 0 amide bonds. The second-order valence-corrected chi connectivity index (χ2v) is 4.96. The third-order valence-corrected chi connectivity index (χ3v) is 3.41. The van der Waals surface area contributed by atoms with Crippen LogP contribution in [0.2, 0.25) is 0 Å². The van der Waals surface area contributed by atoms with E-state index in [9.17, 15) is 4.79 Å². The molecule has 1 aliphatic carbocycles. The largest absolute Gasteiger partial charge is 0.321 e. The van der Waals surface area contributed by atoms with Crippen molar-refractivity contribution in [2.45, 2.75) is 26.7 Å². The highest BCUT2D eigenvalue weighted by molar-refractivity contribution is 5.95. The number of hydrogen-bond acceptors (Lipinski definition) is 3. The van der Waals surface area contributed by atoms with Gasteiger partial charge in [-0.1, -0.05) is 24.6 Å². The number of carbonyl (C=O) groups is 1. The lowest BCUT2D eigenvalue weighted by Gasteiger charge is -2.26. The minimum atomic E-state index is 0.168. The fraction of sp³-hybridized carbons (Fsp3) is 0.400. The summed E-state index contributed by atoms with van der Waals surface area (Å²) >= 11 is 0. The van der Waals surface area contributed by atoms with Crippen molar-refractivity contribution in [3.05, 3.63) is 47.2 Å². The van der Waals surface area contributed by atoms with E-state index in [-0.39, 0.29) is 11.7 Å². The molecule has 0 saturated heterocycles. The average Bonchev–Trinajstić information content (AvgIpc) is 2.32. The third-order valence-electron chi connectivity index (χ3n) is 3.41. The Labute approximate surface area is 108 Å². The van der Waals surface area contributed by atoms with Crippen LogP contribution >= 0.6 is 0 Å². The number of hydrazine groups is 1. The Morgan fingerprint density at radius 1 is 1.44 bits per heavy atom. The molecule has 0 fully saturated rings. The molecule has 0 aromatic carbocycles. The van der Waals surface area contributed by atoms with Crippen LogP contribution in [0.4, 0.5) is 0 Å². The van der Waals surface area contributed by atoms with Crippen LogP contribution in [0.3, 0.4) is 0 Å². The smallest absolute Gasteiger partial charge is 0.160 e. The molecule has 1 aliphatic heterocycles. The summed E-state index contributed by atoms with van der Waals surface area (Å²) in [4.78, 5) is 11.8. The molecular weight excluding hydrogens is 224 g/mol. The summed E-state index contributed by atoms with van der Waals surface area (Å²) < 4.78 is 0.